The maximum atomic E-state index is 13.3. The number of nitrogens with one attached hydrogen (secondary N) is 2. The summed E-state index contributed by atoms with van der Waals surface area (Å²) in [6.45, 7) is 6.11. The minimum Gasteiger partial charge on any atom is -0.497 e. The van der Waals surface area contributed by atoms with E-state index in [0.29, 0.717) is 17.1 Å². The van der Waals surface area contributed by atoms with Crippen LogP contribution in [0.15, 0.2) is 18.2 Å². The monoisotopic (exact) mass is 442 g/mol. The Balaban J connectivity index is 1.45. The Morgan fingerprint density at radius 2 is 1.38 bits per heavy atom. The minimum atomic E-state index is -0.601. The number of rotatable bonds is 8. The molecule has 4 fully saturated rings. The molecule has 0 radical (unpaired) electrons. The molecule has 0 heterocycles. The lowest BCUT2D eigenvalue weighted by Crippen LogP contribution is -2.59. The number of ether oxygens (including phenoxy) is 2. The van der Waals surface area contributed by atoms with Gasteiger partial charge in [0.15, 0.2) is 0 Å². The van der Waals surface area contributed by atoms with Gasteiger partial charge in [0.2, 0.25) is 5.91 Å². The van der Waals surface area contributed by atoms with E-state index >= 15 is 0 Å². The van der Waals surface area contributed by atoms with Crippen molar-refractivity contribution >= 4 is 11.8 Å². The smallest absolute Gasteiger partial charge is 0.252 e. The van der Waals surface area contributed by atoms with Crippen molar-refractivity contribution in [1.82, 2.24) is 10.6 Å². The quantitative estimate of drug-likeness (QED) is 0.633. The van der Waals surface area contributed by atoms with Crippen LogP contribution in [0.25, 0.3) is 0 Å². The van der Waals surface area contributed by atoms with E-state index in [1.165, 1.54) is 38.5 Å². The summed E-state index contributed by atoms with van der Waals surface area (Å²) in [6.07, 6.45) is 7.87. The Bertz CT molecular complexity index is 808. The first kappa shape index (κ1) is 22.9. The molecule has 0 aromatic heterocycles. The SMILES string of the molecule is COc1cc(OC)cc(C(=O)NC(C(=O)NC(C)C23CC4CC(CC(C4)C2)C3)C(C)C)c1. The van der Waals surface area contributed by atoms with Gasteiger partial charge in [0.1, 0.15) is 17.5 Å². The van der Waals surface area contributed by atoms with Gasteiger partial charge in [-0.05, 0) is 86.7 Å². The Kier molecular flexibility index (Phi) is 6.42. The third-order valence-corrected chi connectivity index (χ3v) is 8.21. The van der Waals surface area contributed by atoms with Crippen LogP contribution in [-0.2, 0) is 4.79 Å². The second-order valence-corrected chi connectivity index (χ2v) is 10.8. The van der Waals surface area contributed by atoms with Crippen LogP contribution in [0.3, 0.4) is 0 Å². The molecule has 176 valence electrons. The number of amides is 2. The fourth-order valence-corrected chi connectivity index (χ4v) is 6.86. The standard InChI is InChI=1S/C26H38N2O4/c1-15(2)23(28-24(29)20-9-21(31-4)11-22(10-20)32-5)25(30)27-16(3)26-12-17-6-18(13-26)8-19(7-17)14-26/h9-11,15-19,23H,6-8,12-14H2,1-5H3,(H,27,30)(H,28,29). The molecular weight excluding hydrogens is 404 g/mol. The van der Waals surface area contributed by atoms with Crippen molar-refractivity contribution in [3.8, 4) is 11.5 Å². The van der Waals surface area contributed by atoms with E-state index in [-0.39, 0.29) is 29.2 Å². The molecule has 2 atom stereocenters. The van der Waals surface area contributed by atoms with Crippen molar-refractivity contribution in [1.29, 1.82) is 0 Å². The zero-order valence-electron chi connectivity index (χ0n) is 20.1. The molecule has 1 aromatic carbocycles. The summed E-state index contributed by atoms with van der Waals surface area (Å²) >= 11 is 0. The third-order valence-electron chi connectivity index (χ3n) is 8.21. The maximum absolute atomic E-state index is 13.3. The first-order valence-electron chi connectivity index (χ1n) is 12.1. The Morgan fingerprint density at radius 3 is 1.81 bits per heavy atom. The summed E-state index contributed by atoms with van der Waals surface area (Å²) in [6, 6.07) is 4.56. The summed E-state index contributed by atoms with van der Waals surface area (Å²) in [5.41, 5.74) is 0.643. The molecule has 0 saturated heterocycles. The normalized spacial score (nSPS) is 30.0. The van der Waals surface area contributed by atoms with Crippen molar-refractivity contribution in [2.75, 3.05) is 14.2 Å². The highest BCUT2D eigenvalue weighted by Gasteiger charge is 2.53. The Hall–Kier alpha value is -2.24. The van der Waals surface area contributed by atoms with E-state index in [1.54, 1.807) is 32.4 Å². The number of carbonyl (C=O) groups is 2. The van der Waals surface area contributed by atoms with E-state index in [9.17, 15) is 9.59 Å². The van der Waals surface area contributed by atoms with Gasteiger partial charge in [0.05, 0.1) is 14.2 Å². The summed E-state index contributed by atoms with van der Waals surface area (Å²) in [5, 5.41) is 6.27. The van der Waals surface area contributed by atoms with Gasteiger partial charge in [-0.1, -0.05) is 13.8 Å². The molecule has 2 N–H and O–H groups in total. The second-order valence-electron chi connectivity index (χ2n) is 10.8. The second kappa shape index (κ2) is 8.95. The van der Waals surface area contributed by atoms with Crippen LogP contribution in [0.2, 0.25) is 0 Å². The molecule has 6 heteroatoms. The molecule has 1 aromatic rings. The van der Waals surface area contributed by atoms with Crippen molar-refractivity contribution in [3.05, 3.63) is 23.8 Å². The Labute approximate surface area is 191 Å². The first-order valence-corrected chi connectivity index (χ1v) is 12.1. The summed E-state index contributed by atoms with van der Waals surface area (Å²) in [7, 11) is 3.10. The van der Waals surface area contributed by atoms with E-state index < -0.39 is 6.04 Å². The molecule has 2 unspecified atom stereocenters. The topological polar surface area (TPSA) is 76.7 Å². The van der Waals surface area contributed by atoms with Gasteiger partial charge in [-0.3, -0.25) is 9.59 Å². The zero-order chi connectivity index (χ0) is 23.0. The maximum Gasteiger partial charge on any atom is 0.252 e. The zero-order valence-corrected chi connectivity index (χ0v) is 20.1. The molecule has 4 bridgehead atoms. The van der Waals surface area contributed by atoms with E-state index in [1.807, 2.05) is 13.8 Å². The molecule has 6 nitrogen and oxygen atoms in total. The van der Waals surface area contributed by atoms with Crippen LogP contribution in [0.1, 0.15) is 69.7 Å². The highest BCUT2D eigenvalue weighted by atomic mass is 16.5. The molecule has 0 spiro atoms. The summed E-state index contributed by atoms with van der Waals surface area (Å²) in [4.78, 5) is 26.3. The lowest BCUT2D eigenvalue weighted by atomic mass is 9.48. The van der Waals surface area contributed by atoms with Gasteiger partial charge in [-0.25, -0.2) is 0 Å². The van der Waals surface area contributed by atoms with Gasteiger partial charge in [-0.2, -0.15) is 0 Å². The highest BCUT2D eigenvalue weighted by molar-refractivity contribution is 5.98. The number of hydrogen-bond donors (Lipinski definition) is 2. The largest absolute Gasteiger partial charge is 0.497 e. The van der Waals surface area contributed by atoms with Gasteiger partial charge in [0.25, 0.3) is 5.91 Å². The molecule has 4 aliphatic rings. The number of benzene rings is 1. The Morgan fingerprint density at radius 1 is 0.875 bits per heavy atom. The lowest BCUT2D eigenvalue weighted by Gasteiger charge is -2.59. The van der Waals surface area contributed by atoms with Gasteiger partial charge < -0.3 is 20.1 Å². The van der Waals surface area contributed by atoms with Gasteiger partial charge >= 0.3 is 0 Å². The molecule has 5 rings (SSSR count). The molecular formula is C26H38N2O4. The van der Waals surface area contributed by atoms with E-state index in [4.69, 9.17) is 9.47 Å². The molecule has 32 heavy (non-hydrogen) atoms. The third kappa shape index (κ3) is 4.46. The summed E-state index contributed by atoms with van der Waals surface area (Å²) in [5.74, 6) is 3.16. The van der Waals surface area contributed by atoms with Crippen LogP contribution in [0.5, 0.6) is 11.5 Å². The van der Waals surface area contributed by atoms with Gasteiger partial charge in [0, 0.05) is 17.7 Å². The van der Waals surface area contributed by atoms with Crippen LogP contribution in [0, 0.1) is 29.1 Å². The fraction of sp³-hybridized carbons (Fsp3) is 0.692. The molecule has 2 amide bonds. The van der Waals surface area contributed by atoms with Crippen molar-refractivity contribution in [3.63, 3.8) is 0 Å². The van der Waals surface area contributed by atoms with Crippen molar-refractivity contribution < 1.29 is 19.1 Å². The number of methoxy groups -OCH3 is 2. The van der Waals surface area contributed by atoms with Crippen molar-refractivity contribution in [2.24, 2.45) is 29.1 Å². The van der Waals surface area contributed by atoms with Crippen LogP contribution in [0.4, 0.5) is 0 Å². The van der Waals surface area contributed by atoms with Crippen LogP contribution >= 0.6 is 0 Å². The first-order chi connectivity index (χ1) is 15.2. The number of carbonyl (C=O) groups excluding carboxylic acids is 2. The predicted molar refractivity (Wildman–Crippen MR) is 124 cm³/mol. The number of hydrogen-bond acceptors (Lipinski definition) is 4. The average molecular weight is 443 g/mol. The van der Waals surface area contributed by atoms with E-state index in [2.05, 4.69) is 17.6 Å². The van der Waals surface area contributed by atoms with Crippen LogP contribution < -0.4 is 20.1 Å². The lowest BCUT2D eigenvalue weighted by molar-refractivity contribution is -0.128. The highest BCUT2D eigenvalue weighted by Crippen LogP contribution is 2.61. The molecule has 4 aliphatic carbocycles. The average Bonchev–Trinajstić information content (AvgIpc) is 2.75. The predicted octanol–water partition coefficient (Wildman–Crippen LogP) is 4.18. The fourth-order valence-electron chi connectivity index (χ4n) is 6.86. The minimum absolute atomic E-state index is 0.0324. The summed E-state index contributed by atoms with van der Waals surface area (Å²) < 4.78 is 10.6. The molecule has 4 saturated carbocycles. The van der Waals surface area contributed by atoms with Crippen molar-refractivity contribution in [2.45, 2.75) is 71.4 Å². The van der Waals surface area contributed by atoms with E-state index in [0.717, 1.165) is 17.8 Å². The molecule has 0 aliphatic heterocycles. The van der Waals surface area contributed by atoms with Gasteiger partial charge in [-0.15, -0.1) is 0 Å². The van der Waals surface area contributed by atoms with Crippen LogP contribution in [-0.4, -0.2) is 38.1 Å².